The molecule has 0 saturated heterocycles. The Morgan fingerprint density at radius 3 is 2.80 bits per heavy atom. The van der Waals surface area contributed by atoms with Crippen molar-refractivity contribution in [2.45, 2.75) is 6.67 Å². The molecule has 0 spiro atoms. The molecule has 54 valence electrons. The molecule has 0 atom stereocenters. The van der Waals surface area contributed by atoms with E-state index in [4.69, 9.17) is 11.6 Å². The van der Waals surface area contributed by atoms with Crippen molar-refractivity contribution in [1.82, 2.24) is 0 Å². The minimum atomic E-state index is -0.639. The number of hydrogen-bond donors (Lipinski definition) is 0. The second kappa shape index (κ2) is 2.84. The number of nitrogens with zero attached hydrogens (tertiary/aromatic N) is 1. The van der Waals surface area contributed by atoms with Crippen LogP contribution in [0.4, 0.5) is 4.39 Å². The smallest absolute Gasteiger partial charge is 0.286 e. The molecule has 0 aliphatic heterocycles. The first-order valence-corrected chi connectivity index (χ1v) is 3.05. The zero-order chi connectivity index (χ0) is 7.56. The highest BCUT2D eigenvalue weighted by molar-refractivity contribution is 6.28. The fraction of sp³-hybridized carbons (Fsp3) is 0.167. The molecule has 1 heterocycles. The van der Waals surface area contributed by atoms with Crippen LogP contribution in [0.3, 0.4) is 0 Å². The first-order valence-electron chi connectivity index (χ1n) is 2.67. The summed E-state index contributed by atoms with van der Waals surface area (Å²) in [6.45, 7) is -0.639. The normalized spacial score (nSPS) is 9.80. The van der Waals surface area contributed by atoms with Crippen LogP contribution in [-0.4, -0.2) is 0 Å². The van der Waals surface area contributed by atoms with Gasteiger partial charge in [0.15, 0.2) is 6.20 Å². The van der Waals surface area contributed by atoms with Crippen LogP contribution in [0.15, 0.2) is 18.3 Å². The van der Waals surface area contributed by atoms with Gasteiger partial charge in [0, 0.05) is 11.6 Å². The third-order valence-electron chi connectivity index (χ3n) is 1.08. The molecule has 0 amide bonds. The molecule has 0 bridgehead atoms. The van der Waals surface area contributed by atoms with Gasteiger partial charge in [0.1, 0.15) is 6.67 Å². The summed E-state index contributed by atoms with van der Waals surface area (Å²) in [6.07, 6.45) is 1.11. The van der Waals surface area contributed by atoms with Gasteiger partial charge in [0.2, 0.25) is 0 Å². The van der Waals surface area contributed by atoms with E-state index in [2.05, 4.69) is 0 Å². The Hall–Kier alpha value is -0.830. The Kier molecular flexibility index (Phi) is 2.06. The number of alkyl halides is 1. The van der Waals surface area contributed by atoms with Gasteiger partial charge in [-0.05, 0) is 17.7 Å². The van der Waals surface area contributed by atoms with Gasteiger partial charge >= 0.3 is 0 Å². The first kappa shape index (κ1) is 7.28. The fourth-order valence-corrected chi connectivity index (χ4v) is 0.695. The van der Waals surface area contributed by atoms with Gasteiger partial charge in [0.05, 0.1) is 0 Å². The summed E-state index contributed by atoms with van der Waals surface area (Å²) in [5.41, 5.74) is 0.333. The van der Waals surface area contributed by atoms with Crippen LogP contribution in [-0.2, 0) is 6.67 Å². The van der Waals surface area contributed by atoms with Crippen molar-refractivity contribution in [2.75, 3.05) is 0 Å². The van der Waals surface area contributed by atoms with E-state index in [1.165, 1.54) is 12.1 Å². The maximum absolute atomic E-state index is 11.8. The van der Waals surface area contributed by atoms with Gasteiger partial charge in [-0.15, -0.1) is 0 Å². The number of pyridine rings is 1. The van der Waals surface area contributed by atoms with Crippen molar-refractivity contribution in [3.05, 3.63) is 34.3 Å². The van der Waals surface area contributed by atoms with Crippen molar-refractivity contribution in [3.63, 3.8) is 0 Å². The lowest BCUT2D eigenvalue weighted by molar-refractivity contribution is -0.603. The topological polar surface area (TPSA) is 26.9 Å². The van der Waals surface area contributed by atoms with Gasteiger partial charge in [0.25, 0.3) is 5.15 Å². The minimum absolute atomic E-state index is 0.0530. The summed E-state index contributed by atoms with van der Waals surface area (Å²) in [7, 11) is 0. The van der Waals surface area contributed by atoms with Crippen LogP contribution in [0.2, 0.25) is 5.15 Å². The summed E-state index contributed by atoms with van der Waals surface area (Å²) in [5.74, 6) is 0. The van der Waals surface area contributed by atoms with Gasteiger partial charge < -0.3 is 5.21 Å². The van der Waals surface area contributed by atoms with E-state index < -0.39 is 6.67 Å². The molecule has 2 nitrogen and oxygen atoms in total. The van der Waals surface area contributed by atoms with Crippen molar-refractivity contribution < 1.29 is 9.12 Å². The molecule has 4 heteroatoms. The monoisotopic (exact) mass is 161 g/mol. The molecule has 0 fully saturated rings. The van der Waals surface area contributed by atoms with Crippen LogP contribution < -0.4 is 4.73 Å². The van der Waals surface area contributed by atoms with Gasteiger partial charge in [-0.2, -0.15) is 4.73 Å². The average molecular weight is 162 g/mol. The number of aromatic nitrogens is 1. The number of rotatable bonds is 1. The first-order chi connectivity index (χ1) is 4.74. The lowest BCUT2D eigenvalue weighted by Gasteiger charge is -1.97. The van der Waals surface area contributed by atoms with E-state index in [1.54, 1.807) is 0 Å². The molecule has 0 aliphatic carbocycles. The molecule has 1 rings (SSSR count). The SMILES string of the molecule is [O-][n+]1cc(CF)ccc1Cl. The predicted molar refractivity (Wildman–Crippen MR) is 35.2 cm³/mol. The number of halogens is 2. The highest BCUT2D eigenvalue weighted by Crippen LogP contribution is 2.03. The molecule has 0 N–H and O–H groups in total. The Labute approximate surface area is 62.4 Å². The molecule has 0 radical (unpaired) electrons. The standard InChI is InChI=1S/C6H5ClFNO/c7-6-2-1-5(3-8)4-9(6)10/h1-2,4H,3H2. The van der Waals surface area contributed by atoms with Gasteiger partial charge in [-0.3, -0.25) is 0 Å². The number of hydrogen-bond acceptors (Lipinski definition) is 1. The van der Waals surface area contributed by atoms with E-state index in [9.17, 15) is 9.60 Å². The molecule has 0 saturated carbocycles. The Morgan fingerprint density at radius 2 is 2.30 bits per heavy atom. The zero-order valence-corrected chi connectivity index (χ0v) is 5.81. The summed E-state index contributed by atoms with van der Waals surface area (Å²) >= 11 is 5.37. The fourth-order valence-electron chi connectivity index (χ4n) is 0.584. The third-order valence-corrected chi connectivity index (χ3v) is 1.38. The van der Waals surface area contributed by atoms with E-state index in [-0.39, 0.29) is 5.15 Å². The van der Waals surface area contributed by atoms with Gasteiger partial charge in [-0.25, -0.2) is 4.39 Å². The lowest BCUT2D eigenvalue weighted by atomic mass is 10.3. The summed E-state index contributed by atoms with van der Waals surface area (Å²) in [5, 5.41) is 10.7. The van der Waals surface area contributed by atoms with E-state index >= 15 is 0 Å². The molecule has 10 heavy (non-hydrogen) atoms. The second-order valence-corrected chi connectivity index (χ2v) is 2.21. The molecule has 0 aromatic carbocycles. The molecular formula is C6H5ClFNO. The summed E-state index contributed by atoms with van der Waals surface area (Å²) in [6, 6.07) is 2.83. The quantitative estimate of drug-likeness (QED) is 0.348. The van der Waals surface area contributed by atoms with Crippen LogP contribution >= 0.6 is 11.6 Å². The highest BCUT2D eigenvalue weighted by Gasteiger charge is 2.01. The minimum Gasteiger partial charge on any atom is -0.618 e. The van der Waals surface area contributed by atoms with Crippen molar-refractivity contribution in [2.24, 2.45) is 0 Å². The predicted octanol–water partition coefficient (Wildman–Crippen LogP) is 1.44. The van der Waals surface area contributed by atoms with Crippen LogP contribution in [0.1, 0.15) is 5.56 Å². The Morgan fingerprint density at radius 1 is 1.60 bits per heavy atom. The van der Waals surface area contributed by atoms with E-state index in [1.807, 2.05) is 0 Å². The van der Waals surface area contributed by atoms with E-state index in [0.717, 1.165) is 6.20 Å². The second-order valence-electron chi connectivity index (χ2n) is 1.82. The zero-order valence-electron chi connectivity index (χ0n) is 5.05. The molecule has 0 aliphatic rings. The molecular weight excluding hydrogens is 157 g/mol. The van der Waals surface area contributed by atoms with E-state index in [0.29, 0.717) is 10.3 Å². The molecule has 1 aromatic rings. The van der Waals surface area contributed by atoms with Crippen molar-refractivity contribution >= 4 is 11.6 Å². The Bertz CT molecular complexity index is 241. The van der Waals surface area contributed by atoms with Gasteiger partial charge in [-0.1, -0.05) is 0 Å². The molecule has 1 aromatic heterocycles. The van der Waals surface area contributed by atoms with Crippen molar-refractivity contribution in [3.8, 4) is 0 Å². The largest absolute Gasteiger partial charge is 0.618 e. The highest BCUT2D eigenvalue weighted by atomic mass is 35.5. The lowest BCUT2D eigenvalue weighted by Crippen LogP contribution is -2.27. The summed E-state index contributed by atoms with van der Waals surface area (Å²) in [4.78, 5) is 0. The van der Waals surface area contributed by atoms with Crippen LogP contribution in [0.25, 0.3) is 0 Å². The Balaban J connectivity index is 3.04. The maximum atomic E-state index is 11.8. The van der Waals surface area contributed by atoms with Crippen LogP contribution in [0.5, 0.6) is 0 Å². The van der Waals surface area contributed by atoms with Crippen molar-refractivity contribution in [1.29, 1.82) is 0 Å². The average Bonchev–Trinajstić information content (AvgIpc) is 1.95. The molecule has 0 unspecified atom stereocenters. The maximum Gasteiger partial charge on any atom is 0.286 e. The third kappa shape index (κ3) is 1.36. The summed E-state index contributed by atoms with van der Waals surface area (Å²) < 4.78 is 12.3. The van der Waals surface area contributed by atoms with Crippen LogP contribution in [0, 0.1) is 5.21 Å².